The molecule has 1 heterocycles. The number of nitrogens with zero attached hydrogens (tertiary/aromatic N) is 2. The number of hydrogen-bond donors (Lipinski definition) is 2. The summed E-state index contributed by atoms with van der Waals surface area (Å²) < 4.78 is 26.2. The number of aliphatic hydroxyl groups is 1. The van der Waals surface area contributed by atoms with Crippen LogP contribution in [0.3, 0.4) is 0 Å². The van der Waals surface area contributed by atoms with Gasteiger partial charge in [-0.05, 0) is 12.8 Å². The summed E-state index contributed by atoms with van der Waals surface area (Å²) in [5.74, 6) is -1.36. The molecule has 2 N–H and O–H groups in total. The van der Waals surface area contributed by atoms with Crippen LogP contribution < -0.4 is 0 Å². The Hall–Kier alpha value is -1.03. The van der Waals surface area contributed by atoms with Crippen LogP contribution in [0.2, 0.25) is 0 Å². The molecule has 1 fully saturated rings. The van der Waals surface area contributed by atoms with Crippen LogP contribution in [0.1, 0.15) is 36.2 Å². The Morgan fingerprint density at radius 2 is 2.10 bits per heavy atom. The molecular weight excluding hydrogens is 304 g/mol. The van der Waals surface area contributed by atoms with Gasteiger partial charge in [-0.1, -0.05) is 12.8 Å². The number of carbonyl (C=O) groups is 1. The fraction of sp³-hybridized carbons (Fsp3) is 0.636. The summed E-state index contributed by atoms with van der Waals surface area (Å²) in [4.78, 5) is 14.6. The molecule has 0 unspecified atom stereocenters. The molecule has 0 aliphatic heterocycles. The Kier molecular flexibility index (Phi) is 4.74. The van der Waals surface area contributed by atoms with Gasteiger partial charge in [0.15, 0.2) is 9.90 Å². The van der Waals surface area contributed by atoms with E-state index in [1.807, 2.05) is 0 Å². The number of rotatable bonds is 6. The standard InChI is InChI=1S/C11H16N2O5S2/c14-6-5-13(8-3-1-2-4-8)20(17,18)11-9(10(15)16)12-7-19-11/h7-8,14H,1-6H2,(H,15,16). The number of carboxylic acids is 1. The summed E-state index contributed by atoms with van der Waals surface area (Å²) in [5.41, 5.74) is 0.762. The van der Waals surface area contributed by atoms with Crippen LogP contribution in [-0.4, -0.2) is 53.1 Å². The molecule has 0 radical (unpaired) electrons. The highest BCUT2D eigenvalue weighted by Crippen LogP contribution is 2.31. The number of thiazole rings is 1. The first-order valence-electron chi connectivity index (χ1n) is 6.28. The van der Waals surface area contributed by atoms with Gasteiger partial charge >= 0.3 is 5.97 Å². The Labute approximate surface area is 120 Å². The Bertz CT molecular complexity index is 577. The quantitative estimate of drug-likeness (QED) is 0.801. The van der Waals surface area contributed by atoms with E-state index in [4.69, 9.17) is 10.2 Å². The van der Waals surface area contributed by atoms with E-state index >= 15 is 0 Å². The first kappa shape index (κ1) is 15.4. The molecule has 1 aliphatic rings. The van der Waals surface area contributed by atoms with Crippen LogP contribution in [0, 0.1) is 0 Å². The van der Waals surface area contributed by atoms with Gasteiger partial charge < -0.3 is 10.2 Å². The molecule has 2 rings (SSSR count). The lowest BCUT2D eigenvalue weighted by atomic mass is 10.2. The second-order valence-electron chi connectivity index (χ2n) is 4.57. The zero-order valence-corrected chi connectivity index (χ0v) is 12.4. The van der Waals surface area contributed by atoms with Crippen molar-refractivity contribution in [1.29, 1.82) is 0 Å². The summed E-state index contributed by atoms with van der Waals surface area (Å²) >= 11 is 0.795. The molecule has 0 aromatic carbocycles. The lowest BCUT2D eigenvalue weighted by molar-refractivity contribution is 0.0687. The molecule has 0 saturated heterocycles. The van der Waals surface area contributed by atoms with Crippen molar-refractivity contribution in [3.8, 4) is 0 Å². The molecular formula is C11H16N2O5S2. The predicted octanol–water partition coefficient (Wildman–Crippen LogP) is 0.767. The highest BCUT2D eigenvalue weighted by atomic mass is 32.2. The summed E-state index contributed by atoms with van der Waals surface area (Å²) in [5, 5.41) is 18.1. The first-order valence-corrected chi connectivity index (χ1v) is 8.60. The van der Waals surface area contributed by atoms with E-state index in [9.17, 15) is 13.2 Å². The summed E-state index contributed by atoms with van der Waals surface area (Å²) in [6, 6.07) is -0.170. The van der Waals surface area contributed by atoms with Crippen molar-refractivity contribution >= 4 is 27.3 Å². The monoisotopic (exact) mass is 320 g/mol. The third-order valence-corrected chi connectivity index (χ3v) is 6.63. The minimum atomic E-state index is -3.93. The van der Waals surface area contributed by atoms with Crippen LogP contribution in [0.5, 0.6) is 0 Å². The first-order chi connectivity index (χ1) is 9.48. The minimum absolute atomic E-state index is 0.0239. The number of hydrogen-bond acceptors (Lipinski definition) is 6. The maximum absolute atomic E-state index is 12.6. The number of aromatic nitrogens is 1. The van der Waals surface area contributed by atoms with Crippen molar-refractivity contribution in [2.75, 3.05) is 13.2 Å². The third kappa shape index (κ3) is 2.85. The van der Waals surface area contributed by atoms with Gasteiger partial charge in [-0.3, -0.25) is 0 Å². The fourth-order valence-corrected chi connectivity index (χ4v) is 5.39. The Balaban J connectivity index is 2.39. The van der Waals surface area contributed by atoms with Gasteiger partial charge in [0, 0.05) is 12.6 Å². The fourth-order valence-electron chi connectivity index (χ4n) is 2.46. The maximum atomic E-state index is 12.6. The highest BCUT2D eigenvalue weighted by Gasteiger charge is 2.36. The molecule has 0 amide bonds. The molecule has 1 saturated carbocycles. The Morgan fingerprint density at radius 3 is 2.65 bits per heavy atom. The van der Waals surface area contributed by atoms with Crippen LogP contribution in [-0.2, 0) is 10.0 Å². The van der Waals surface area contributed by atoms with Gasteiger partial charge in [0.1, 0.15) is 0 Å². The molecule has 112 valence electrons. The molecule has 20 heavy (non-hydrogen) atoms. The van der Waals surface area contributed by atoms with Crippen molar-refractivity contribution in [2.45, 2.75) is 35.9 Å². The van der Waals surface area contributed by atoms with Gasteiger partial charge in [-0.15, -0.1) is 11.3 Å². The number of aliphatic hydroxyl groups excluding tert-OH is 1. The number of sulfonamides is 1. The molecule has 7 nitrogen and oxygen atoms in total. The van der Waals surface area contributed by atoms with Gasteiger partial charge in [0.05, 0.1) is 12.1 Å². The topological polar surface area (TPSA) is 108 Å². The highest BCUT2D eigenvalue weighted by molar-refractivity contribution is 7.91. The summed E-state index contributed by atoms with van der Waals surface area (Å²) in [6.45, 7) is -0.319. The zero-order valence-electron chi connectivity index (χ0n) is 10.7. The second-order valence-corrected chi connectivity index (χ2v) is 7.51. The van der Waals surface area contributed by atoms with Crippen molar-refractivity contribution in [2.24, 2.45) is 0 Å². The van der Waals surface area contributed by atoms with Gasteiger partial charge in [-0.25, -0.2) is 18.2 Å². The molecule has 1 aliphatic carbocycles. The SMILES string of the molecule is O=C(O)c1ncsc1S(=O)(=O)N(CCO)C1CCCC1. The van der Waals surface area contributed by atoms with Gasteiger partial charge in [0.25, 0.3) is 10.0 Å². The van der Waals surface area contributed by atoms with E-state index in [1.54, 1.807) is 0 Å². The largest absolute Gasteiger partial charge is 0.476 e. The second kappa shape index (κ2) is 6.17. The third-order valence-electron chi connectivity index (χ3n) is 3.33. The average Bonchev–Trinajstić information content (AvgIpc) is 3.06. The average molecular weight is 320 g/mol. The van der Waals surface area contributed by atoms with Crippen LogP contribution in [0.15, 0.2) is 9.72 Å². The van der Waals surface area contributed by atoms with E-state index in [1.165, 1.54) is 9.82 Å². The van der Waals surface area contributed by atoms with E-state index in [2.05, 4.69) is 4.98 Å². The molecule has 1 aromatic rings. The van der Waals surface area contributed by atoms with Crippen molar-refractivity contribution in [3.63, 3.8) is 0 Å². The molecule has 1 aromatic heterocycles. The lowest BCUT2D eigenvalue weighted by Gasteiger charge is -2.26. The van der Waals surface area contributed by atoms with Gasteiger partial charge in [0.2, 0.25) is 0 Å². The zero-order chi connectivity index (χ0) is 14.8. The maximum Gasteiger partial charge on any atom is 0.356 e. The number of carboxylic acid groups (broad SMARTS) is 1. The van der Waals surface area contributed by atoms with E-state index in [0.717, 1.165) is 37.0 Å². The van der Waals surface area contributed by atoms with Crippen LogP contribution in [0.4, 0.5) is 0 Å². The van der Waals surface area contributed by atoms with Crippen molar-refractivity contribution in [1.82, 2.24) is 9.29 Å². The predicted molar refractivity (Wildman–Crippen MR) is 72.3 cm³/mol. The molecule has 0 bridgehead atoms. The molecule has 0 atom stereocenters. The smallest absolute Gasteiger partial charge is 0.356 e. The molecule has 0 spiro atoms. The minimum Gasteiger partial charge on any atom is -0.476 e. The van der Waals surface area contributed by atoms with E-state index in [-0.39, 0.29) is 23.4 Å². The summed E-state index contributed by atoms with van der Waals surface area (Å²) in [6.07, 6.45) is 3.36. The van der Waals surface area contributed by atoms with Gasteiger partial charge in [-0.2, -0.15) is 4.31 Å². The van der Waals surface area contributed by atoms with E-state index in [0.29, 0.717) is 0 Å². The normalized spacial score (nSPS) is 16.9. The van der Waals surface area contributed by atoms with Crippen LogP contribution in [0.25, 0.3) is 0 Å². The van der Waals surface area contributed by atoms with E-state index < -0.39 is 21.7 Å². The van der Waals surface area contributed by atoms with Crippen LogP contribution >= 0.6 is 11.3 Å². The van der Waals surface area contributed by atoms with Crippen molar-refractivity contribution in [3.05, 3.63) is 11.2 Å². The Morgan fingerprint density at radius 1 is 1.45 bits per heavy atom. The molecule has 9 heteroatoms. The number of aromatic carboxylic acids is 1. The summed E-state index contributed by atoms with van der Waals surface area (Å²) in [7, 11) is -3.93. The van der Waals surface area contributed by atoms with Crippen molar-refractivity contribution < 1.29 is 23.4 Å². The lowest BCUT2D eigenvalue weighted by Crippen LogP contribution is -2.40.